The van der Waals surface area contributed by atoms with Crippen molar-refractivity contribution in [1.82, 2.24) is 0 Å². The zero-order chi connectivity index (χ0) is 10.1. The highest BCUT2D eigenvalue weighted by Gasteiger charge is 1.95. The van der Waals surface area contributed by atoms with Gasteiger partial charge in [0.05, 0.1) is 0 Å². The fourth-order valence-corrected chi connectivity index (χ4v) is 0.976. The van der Waals surface area contributed by atoms with Gasteiger partial charge in [0, 0.05) is 12.1 Å². The summed E-state index contributed by atoms with van der Waals surface area (Å²) in [6, 6.07) is 7.61. The Hall–Kier alpha value is -1.31. The minimum atomic E-state index is 0.550. The molecule has 2 nitrogen and oxygen atoms in total. The van der Waals surface area contributed by atoms with E-state index in [0.717, 1.165) is 24.0 Å². The highest BCUT2D eigenvalue weighted by atomic mass is 16.1. The first-order chi connectivity index (χ1) is 6.34. The number of aryl methyl sites for hydroxylation is 1. The van der Waals surface area contributed by atoms with Gasteiger partial charge in [-0.25, -0.2) is 0 Å². The van der Waals surface area contributed by atoms with Crippen LogP contribution in [0, 0.1) is 0 Å². The van der Waals surface area contributed by atoms with Gasteiger partial charge >= 0.3 is 0 Å². The molecule has 2 N–H and O–H groups in total. The fourth-order valence-electron chi connectivity index (χ4n) is 0.976. The summed E-state index contributed by atoms with van der Waals surface area (Å²) in [5.74, 6) is 0. The molecule has 13 heavy (non-hydrogen) atoms. The van der Waals surface area contributed by atoms with Crippen LogP contribution in [-0.2, 0) is 11.2 Å². The second-order valence-electron chi connectivity index (χ2n) is 2.40. The van der Waals surface area contributed by atoms with Crippen LogP contribution in [0.1, 0.15) is 25.8 Å². The molecule has 0 unspecified atom stereocenters. The van der Waals surface area contributed by atoms with Crippen LogP contribution in [0.4, 0.5) is 5.69 Å². The van der Waals surface area contributed by atoms with Crippen molar-refractivity contribution in [2.24, 2.45) is 0 Å². The maximum atomic E-state index is 10.0. The molecule has 0 saturated heterocycles. The summed E-state index contributed by atoms with van der Waals surface area (Å²) in [6.07, 6.45) is 2.21. The summed E-state index contributed by atoms with van der Waals surface area (Å²) in [5.41, 5.74) is 7.47. The Labute approximate surface area is 79.8 Å². The van der Waals surface area contributed by atoms with Crippen LogP contribution >= 0.6 is 0 Å². The van der Waals surface area contributed by atoms with Crippen LogP contribution in [0.25, 0.3) is 0 Å². The normalized spacial score (nSPS) is 8.46. The fraction of sp³-hybridized carbons (Fsp3) is 0.364. The Bertz CT molecular complexity index is 246. The van der Waals surface area contributed by atoms with Crippen molar-refractivity contribution in [3.8, 4) is 0 Å². The third-order valence-corrected chi connectivity index (χ3v) is 1.59. The number of carbonyl (C=O) groups is 1. The molecule has 0 aromatic heterocycles. The molecule has 0 amide bonds. The third-order valence-electron chi connectivity index (χ3n) is 1.59. The first-order valence-corrected chi connectivity index (χ1v) is 4.61. The van der Waals surface area contributed by atoms with Crippen molar-refractivity contribution in [3.05, 3.63) is 29.8 Å². The van der Waals surface area contributed by atoms with Crippen LogP contribution in [0.5, 0.6) is 0 Å². The van der Waals surface area contributed by atoms with Crippen molar-refractivity contribution in [2.45, 2.75) is 26.7 Å². The number of nitrogens with two attached hydrogens (primary N) is 1. The van der Waals surface area contributed by atoms with Gasteiger partial charge in [0.25, 0.3) is 0 Å². The van der Waals surface area contributed by atoms with E-state index in [9.17, 15) is 4.79 Å². The molecule has 72 valence electrons. The topological polar surface area (TPSA) is 43.1 Å². The van der Waals surface area contributed by atoms with E-state index in [-0.39, 0.29) is 0 Å². The maximum absolute atomic E-state index is 10.0. The zero-order valence-electron chi connectivity index (χ0n) is 8.29. The number of hydrogen-bond donors (Lipinski definition) is 1. The lowest BCUT2D eigenvalue weighted by Crippen LogP contribution is -1.93. The van der Waals surface area contributed by atoms with Crippen molar-refractivity contribution in [1.29, 1.82) is 0 Å². The quantitative estimate of drug-likeness (QED) is 0.572. The number of hydrogen-bond acceptors (Lipinski definition) is 2. The van der Waals surface area contributed by atoms with Gasteiger partial charge in [-0.1, -0.05) is 32.0 Å². The van der Waals surface area contributed by atoms with E-state index in [1.807, 2.05) is 38.1 Å². The molecule has 1 aromatic rings. The van der Waals surface area contributed by atoms with Gasteiger partial charge in [0.1, 0.15) is 6.29 Å². The lowest BCUT2D eigenvalue weighted by molar-refractivity contribution is -0.107. The smallest absolute Gasteiger partial charge is 0.120 e. The molecule has 0 spiro atoms. The number of carbonyl (C=O) groups excluding carboxylic acids is 1. The molecule has 0 radical (unpaired) electrons. The van der Waals surface area contributed by atoms with Crippen molar-refractivity contribution < 1.29 is 4.79 Å². The number of benzene rings is 1. The Balaban J connectivity index is 0.000000671. The molecule has 2 heteroatoms. The molecule has 0 saturated carbocycles. The van der Waals surface area contributed by atoms with Gasteiger partial charge < -0.3 is 10.5 Å². The molecular formula is C11H17NO. The molecule has 0 fully saturated rings. The van der Waals surface area contributed by atoms with Gasteiger partial charge in [-0.2, -0.15) is 0 Å². The first-order valence-electron chi connectivity index (χ1n) is 4.61. The van der Waals surface area contributed by atoms with Crippen molar-refractivity contribution in [2.75, 3.05) is 5.73 Å². The Morgan fingerprint density at radius 3 is 2.46 bits per heavy atom. The van der Waals surface area contributed by atoms with E-state index >= 15 is 0 Å². The summed E-state index contributed by atoms with van der Waals surface area (Å²) in [4.78, 5) is 10.0. The lowest BCUT2D eigenvalue weighted by atomic mass is 10.1. The summed E-state index contributed by atoms with van der Waals surface area (Å²) >= 11 is 0. The summed E-state index contributed by atoms with van der Waals surface area (Å²) in [5, 5.41) is 0. The predicted octanol–water partition coefficient (Wildman–Crippen LogP) is 2.43. The minimum Gasteiger partial charge on any atom is -0.399 e. The van der Waals surface area contributed by atoms with E-state index in [1.54, 1.807) is 0 Å². The Morgan fingerprint density at radius 2 is 1.92 bits per heavy atom. The van der Waals surface area contributed by atoms with Crippen molar-refractivity contribution >= 4 is 12.0 Å². The third kappa shape index (κ3) is 4.31. The molecule has 1 aromatic carbocycles. The van der Waals surface area contributed by atoms with Crippen LogP contribution < -0.4 is 5.73 Å². The summed E-state index contributed by atoms with van der Waals surface area (Å²) in [7, 11) is 0. The monoisotopic (exact) mass is 179 g/mol. The zero-order valence-corrected chi connectivity index (χ0v) is 8.29. The van der Waals surface area contributed by atoms with Crippen molar-refractivity contribution in [3.63, 3.8) is 0 Å². The van der Waals surface area contributed by atoms with Gasteiger partial charge in [-0.15, -0.1) is 0 Å². The second kappa shape index (κ2) is 7.35. The van der Waals surface area contributed by atoms with Crippen LogP contribution in [0.2, 0.25) is 0 Å². The largest absolute Gasteiger partial charge is 0.399 e. The second-order valence-corrected chi connectivity index (χ2v) is 2.40. The van der Waals surface area contributed by atoms with E-state index in [4.69, 9.17) is 5.73 Å². The minimum absolute atomic E-state index is 0.550. The van der Waals surface area contributed by atoms with E-state index in [0.29, 0.717) is 6.42 Å². The number of para-hydroxylation sites is 1. The van der Waals surface area contributed by atoms with Gasteiger partial charge in [0.2, 0.25) is 0 Å². The summed E-state index contributed by atoms with van der Waals surface area (Å²) < 4.78 is 0. The number of anilines is 1. The lowest BCUT2D eigenvalue weighted by Gasteiger charge is -2.00. The number of nitrogen functional groups attached to an aromatic ring is 1. The van der Waals surface area contributed by atoms with E-state index in [2.05, 4.69) is 0 Å². The summed E-state index contributed by atoms with van der Waals surface area (Å²) in [6.45, 7) is 4.00. The van der Waals surface area contributed by atoms with Gasteiger partial charge in [-0.05, 0) is 18.1 Å². The maximum Gasteiger partial charge on any atom is 0.120 e. The molecule has 1 rings (SSSR count). The van der Waals surface area contributed by atoms with Crippen LogP contribution in [0.3, 0.4) is 0 Å². The Kier molecular flexibility index (Phi) is 6.60. The van der Waals surface area contributed by atoms with E-state index in [1.165, 1.54) is 0 Å². The Morgan fingerprint density at radius 1 is 1.31 bits per heavy atom. The number of aldehydes is 1. The van der Waals surface area contributed by atoms with E-state index < -0.39 is 0 Å². The predicted molar refractivity (Wildman–Crippen MR) is 56.6 cm³/mol. The standard InChI is InChI=1S/C9H11NO.C2H6/c10-9-6-2-1-4-8(9)5-3-7-11;1-2/h1-2,4,6-7H,3,5,10H2;1-2H3. The van der Waals surface area contributed by atoms with Crippen LogP contribution in [-0.4, -0.2) is 6.29 Å². The van der Waals surface area contributed by atoms with Crippen LogP contribution in [0.15, 0.2) is 24.3 Å². The molecule has 0 bridgehead atoms. The van der Waals surface area contributed by atoms with Gasteiger partial charge in [-0.3, -0.25) is 0 Å². The molecule has 0 aliphatic rings. The molecule has 0 heterocycles. The SMILES string of the molecule is CC.Nc1ccccc1CCC=O. The molecule has 0 atom stereocenters. The molecule has 0 aliphatic heterocycles. The highest BCUT2D eigenvalue weighted by molar-refractivity contribution is 5.53. The molecule has 0 aliphatic carbocycles. The van der Waals surface area contributed by atoms with Gasteiger partial charge in [0.15, 0.2) is 0 Å². The highest BCUT2D eigenvalue weighted by Crippen LogP contribution is 2.11. The average Bonchev–Trinajstić information content (AvgIpc) is 2.20. The number of rotatable bonds is 3. The first kappa shape index (κ1) is 11.7. The average molecular weight is 179 g/mol. The molecular weight excluding hydrogens is 162 g/mol.